The van der Waals surface area contributed by atoms with Crippen molar-refractivity contribution >= 4 is 23.2 Å². The molecule has 278 valence electrons. The second-order valence-corrected chi connectivity index (χ2v) is 18.3. The Morgan fingerprint density at radius 1 is 0.692 bits per heavy atom. The molecule has 1 heterocycles. The van der Waals surface area contributed by atoms with Gasteiger partial charge in [0.2, 0.25) is 0 Å². The van der Waals surface area contributed by atoms with Crippen LogP contribution in [0.25, 0.3) is 0 Å². The van der Waals surface area contributed by atoms with Gasteiger partial charge < -0.3 is 14.6 Å². The third kappa shape index (κ3) is 10.00. The highest BCUT2D eigenvalue weighted by atomic mass is 31.2. The van der Waals surface area contributed by atoms with Gasteiger partial charge in [-0.2, -0.15) is 4.89 Å². The fourth-order valence-corrected chi connectivity index (χ4v) is 12.3. The monoisotopic (exact) mass is 723 g/mol. The first-order valence-corrected chi connectivity index (χ1v) is 21.4. The molecule has 0 bridgehead atoms. The molecule has 0 aliphatic carbocycles. The van der Waals surface area contributed by atoms with Crippen molar-refractivity contribution in [3.8, 4) is 11.5 Å². The van der Waals surface area contributed by atoms with Crippen LogP contribution in [-0.4, -0.2) is 30.1 Å². The van der Waals surface area contributed by atoms with Gasteiger partial charge in [-0.05, 0) is 126 Å². The minimum atomic E-state index is -1.71. The lowest BCUT2D eigenvalue weighted by Gasteiger charge is -2.38. The summed E-state index contributed by atoms with van der Waals surface area (Å²) in [6, 6.07) is 33.9. The lowest BCUT2D eigenvalue weighted by Crippen LogP contribution is -2.37. The highest BCUT2D eigenvalue weighted by Crippen LogP contribution is 2.56. The molecule has 5 rings (SSSR count). The zero-order chi connectivity index (χ0) is 36.8. The Hall–Kier alpha value is -3.79. The van der Waals surface area contributed by atoms with Crippen molar-refractivity contribution in [2.75, 3.05) is 19.4 Å². The number of aliphatic hydroxyl groups excluding tert-OH is 1. The van der Waals surface area contributed by atoms with Gasteiger partial charge in [0.05, 0.1) is 6.16 Å². The molecule has 0 spiro atoms. The van der Waals surface area contributed by atoms with Crippen molar-refractivity contribution in [1.29, 1.82) is 0 Å². The van der Waals surface area contributed by atoms with Crippen molar-refractivity contribution < 1.29 is 24.4 Å². The van der Waals surface area contributed by atoms with E-state index in [4.69, 9.17) is 19.5 Å². The molecular weight excluding hydrogens is 663 g/mol. The first-order valence-electron chi connectivity index (χ1n) is 19.4. The number of ether oxygens (including phenoxy) is 2. The molecule has 0 radical (unpaired) electrons. The number of hydrogen-bond donors (Lipinski definition) is 1. The van der Waals surface area contributed by atoms with Gasteiger partial charge in [-0.25, -0.2) is 0 Å². The van der Waals surface area contributed by atoms with Crippen LogP contribution in [0, 0.1) is 20.8 Å². The van der Waals surface area contributed by atoms with Crippen molar-refractivity contribution in [3.63, 3.8) is 0 Å². The number of fused-ring (bicyclic) bond motifs is 1. The molecule has 0 aromatic heterocycles. The largest absolute Gasteiger partial charge is 0.490 e. The Kier molecular flexibility index (Phi) is 14.7. The fraction of sp³-hybridized carbons (Fsp3) is 0.435. The number of hydrogen-bond acceptors (Lipinski definition) is 5. The minimum absolute atomic E-state index is 0.131. The molecule has 4 aromatic carbocycles. The fourth-order valence-electron chi connectivity index (χ4n) is 7.93. The van der Waals surface area contributed by atoms with E-state index in [1.54, 1.807) is 0 Å². The van der Waals surface area contributed by atoms with Crippen molar-refractivity contribution in [2.45, 2.75) is 110 Å². The molecule has 4 aromatic rings. The van der Waals surface area contributed by atoms with Gasteiger partial charge in [0.25, 0.3) is 0 Å². The van der Waals surface area contributed by atoms with Gasteiger partial charge in [-0.1, -0.05) is 93.1 Å². The summed E-state index contributed by atoms with van der Waals surface area (Å²) in [6.45, 7) is 12.4. The SMILES string of the molecule is C=C(O)OOCCOc1c(C)c(C)c2c(c1C)CCC(C)(CCCCCCCCCCC[P+](c1ccccc1)(c1ccccc1)c1ccccc1)O2. The smallest absolute Gasteiger partial charge is 0.307 e. The lowest BCUT2D eigenvalue weighted by atomic mass is 9.84. The van der Waals surface area contributed by atoms with Crippen LogP contribution in [0.1, 0.15) is 99.8 Å². The molecule has 0 saturated carbocycles. The van der Waals surface area contributed by atoms with E-state index >= 15 is 0 Å². The van der Waals surface area contributed by atoms with Crippen LogP contribution in [0.2, 0.25) is 0 Å². The van der Waals surface area contributed by atoms with E-state index in [1.165, 1.54) is 85.4 Å². The maximum atomic E-state index is 9.01. The quantitative estimate of drug-likeness (QED) is 0.0305. The Labute approximate surface area is 313 Å². The lowest BCUT2D eigenvalue weighted by molar-refractivity contribution is -0.288. The Morgan fingerprint density at radius 3 is 1.71 bits per heavy atom. The summed E-state index contributed by atoms with van der Waals surface area (Å²) in [4.78, 5) is 9.47. The van der Waals surface area contributed by atoms with Crippen molar-refractivity contribution in [3.05, 3.63) is 126 Å². The van der Waals surface area contributed by atoms with Crippen LogP contribution < -0.4 is 25.4 Å². The third-order valence-corrected chi connectivity index (χ3v) is 15.4. The molecule has 1 N–H and O–H groups in total. The van der Waals surface area contributed by atoms with Gasteiger partial charge in [0.15, 0.2) is 0 Å². The predicted octanol–water partition coefficient (Wildman–Crippen LogP) is 10.9. The summed E-state index contributed by atoms with van der Waals surface area (Å²) in [7, 11) is -1.71. The summed E-state index contributed by atoms with van der Waals surface area (Å²) in [5.41, 5.74) is 4.50. The van der Waals surface area contributed by atoms with Gasteiger partial charge in [0.1, 0.15) is 53.5 Å². The Bertz CT molecular complexity index is 1590. The zero-order valence-electron chi connectivity index (χ0n) is 32.0. The molecule has 6 heteroatoms. The normalized spacial score (nSPS) is 15.5. The van der Waals surface area contributed by atoms with E-state index in [9.17, 15) is 0 Å². The molecular formula is C46H60O5P+. The summed E-state index contributed by atoms with van der Waals surface area (Å²) < 4.78 is 12.9. The predicted molar refractivity (Wildman–Crippen MR) is 218 cm³/mol. The first-order chi connectivity index (χ1) is 25.2. The highest BCUT2D eigenvalue weighted by molar-refractivity contribution is 7.95. The number of rotatable bonds is 21. The van der Waals surface area contributed by atoms with Crippen LogP contribution in [0.3, 0.4) is 0 Å². The summed E-state index contributed by atoms with van der Waals surface area (Å²) >= 11 is 0. The van der Waals surface area contributed by atoms with Gasteiger partial charge >= 0.3 is 5.95 Å². The third-order valence-electron chi connectivity index (χ3n) is 10.9. The van der Waals surface area contributed by atoms with Crippen molar-refractivity contribution in [2.24, 2.45) is 0 Å². The average molecular weight is 724 g/mol. The molecule has 0 fully saturated rings. The Balaban J connectivity index is 1.03. The van der Waals surface area contributed by atoms with Crippen molar-refractivity contribution in [1.82, 2.24) is 0 Å². The molecule has 0 amide bonds. The van der Waals surface area contributed by atoms with E-state index in [0.29, 0.717) is 6.61 Å². The van der Waals surface area contributed by atoms with Gasteiger partial charge in [-0.3, -0.25) is 4.89 Å². The van der Waals surface area contributed by atoms with E-state index in [1.807, 2.05) is 0 Å². The summed E-state index contributed by atoms with van der Waals surface area (Å²) in [5, 5.41) is 13.5. The Morgan fingerprint density at radius 2 is 1.19 bits per heavy atom. The van der Waals surface area contributed by atoms with E-state index in [-0.39, 0.29) is 12.2 Å². The second-order valence-electron chi connectivity index (χ2n) is 14.7. The molecule has 1 unspecified atom stereocenters. The van der Waals surface area contributed by atoms with Gasteiger partial charge in [-0.15, -0.1) is 0 Å². The van der Waals surface area contributed by atoms with Crippen LogP contribution in [0.5, 0.6) is 11.5 Å². The van der Waals surface area contributed by atoms with Crippen LogP contribution in [0.4, 0.5) is 0 Å². The minimum Gasteiger partial charge on any atom is -0.490 e. The molecule has 52 heavy (non-hydrogen) atoms. The van der Waals surface area contributed by atoms with E-state index in [2.05, 4.69) is 130 Å². The summed E-state index contributed by atoms with van der Waals surface area (Å²) in [5.74, 6) is 1.46. The number of unbranched alkanes of at least 4 members (excludes halogenated alkanes) is 8. The zero-order valence-corrected chi connectivity index (χ0v) is 32.9. The molecule has 1 aliphatic heterocycles. The maximum Gasteiger partial charge on any atom is 0.307 e. The molecule has 1 atom stereocenters. The van der Waals surface area contributed by atoms with E-state index < -0.39 is 13.2 Å². The summed E-state index contributed by atoms with van der Waals surface area (Å²) in [6.07, 6.45) is 15.9. The van der Waals surface area contributed by atoms with Crippen LogP contribution in [-0.2, 0) is 16.2 Å². The van der Waals surface area contributed by atoms with Crippen LogP contribution >= 0.6 is 7.26 Å². The molecule has 5 nitrogen and oxygen atoms in total. The highest BCUT2D eigenvalue weighted by Gasteiger charge is 2.44. The van der Waals surface area contributed by atoms with E-state index in [0.717, 1.165) is 47.5 Å². The molecule has 0 saturated heterocycles. The number of benzene rings is 4. The number of aliphatic hydroxyl groups is 1. The molecule has 1 aliphatic rings. The first kappa shape index (κ1) is 39.4. The maximum absolute atomic E-state index is 9.01. The standard InChI is InChI=1S/C46H59O5P/c1-36-37(2)45-43(38(3)44(36)48-33-34-49-51-39(4)47)30-32-46(5,50-45)31-22-11-9-7-6-8-10-12-23-35-52(40-24-16-13-17-25-40,41-26-18-14-19-27-41)42-28-20-15-21-29-42/h13-21,24-29H,4,6-12,22-23,30-35H2,1-3,5H3/p+1. The second kappa shape index (κ2) is 19.3. The topological polar surface area (TPSA) is 57.2 Å². The average Bonchev–Trinajstić information content (AvgIpc) is 3.16. The van der Waals surface area contributed by atoms with Gasteiger partial charge in [0, 0.05) is 5.56 Å². The van der Waals surface area contributed by atoms with Crippen LogP contribution in [0.15, 0.2) is 104 Å².